The second kappa shape index (κ2) is 12.0. The van der Waals surface area contributed by atoms with Crippen molar-refractivity contribution in [2.75, 3.05) is 10.6 Å². The van der Waals surface area contributed by atoms with Crippen molar-refractivity contribution in [3.05, 3.63) is 118 Å². The molecule has 10 heteroatoms. The van der Waals surface area contributed by atoms with Gasteiger partial charge in [0, 0.05) is 23.8 Å². The lowest BCUT2D eigenvalue weighted by molar-refractivity contribution is -0.122. The van der Waals surface area contributed by atoms with Gasteiger partial charge in [0.15, 0.2) is 5.69 Å². The zero-order valence-corrected chi connectivity index (χ0v) is 23.1. The molecule has 0 unspecified atom stereocenters. The molecule has 0 radical (unpaired) electrons. The number of para-hydroxylation sites is 1. The summed E-state index contributed by atoms with van der Waals surface area (Å²) in [7, 11) is 0. The molecule has 3 aromatic carbocycles. The lowest BCUT2D eigenvalue weighted by atomic mass is 9.98. The first-order chi connectivity index (χ1) is 19.9. The molecular weight excluding hydrogens is 536 g/mol. The van der Waals surface area contributed by atoms with Crippen molar-refractivity contribution in [1.82, 2.24) is 14.7 Å². The summed E-state index contributed by atoms with van der Waals surface area (Å²) >= 11 is 0.777. The van der Waals surface area contributed by atoms with E-state index < -0.39 is 23.8 Å². The number of rotatable bonds is 9. The Morgan fingerprint density at radius 3 is 2.46 bits per heavy atom. The van der Waals surface area contributed by atoms with Crippen LogP contribution in [0.1, 0.15) is 49.8 Å². The summed E-state index contributed by atoms with van der Waals surface area (Å²) in [5.74, 6) is -1.80. The molecule has 2 aromatic heterocycles. The second-order valence-electron chi connectivity index (χ2n) is 9.36. The van der Waals surface area contributed by atoms with Gasteiger partial charge in [0.2, 0.25) is 5.91 Å². The van der Waals surface area contributed by atoms with Gasteiger partial charge in [-0.1, -0.05) is 67.6 Å². The number of carbonyl (C=O) groups is 3. The van der Waals surface area contributed by atoms with Crippen molar-refractivity contribution in [2.24, 2.45) is 5.73 Å². The highest BCUT2D eigenvalue weighted by molar-refractivity contribution is 7.09. The fourth-order valence-electron chi connectivity index (χ4n) is 4.71. The number of nitrogens with one attached hydrogen (secondary N) is 1. The van der Waals surface area contributed by atoms with Crippen LogP contribution in [0.2, 0.25) is 0 Å². The largest absolute Gasteiger partial charge is 0.395 e. The molecule has 5 N–H and O–H groups in total. The molecule has 2 heterocycles. The number of carbonyl (C=O) groups excluding carboxylic acids is 3. The highest BCUT2D eigenvalue weighted by Crippen LogP contribution is 2.36. The monoisotopic (exact) mass is 564 g/mol. The number of nitrogens with two attached hydrogens (primary N) is 2. The number of benzene rings is 3. The summed E-state index contributed by atoms with van der Waals surface area (Å²) < 4.78 is 4.03. The minimum Gasteiger partial charge on any atom is -0.395 e. The summed E-state index contributed by atoms with van der Waals surface area (Å²) in [6, 6.07) is 25.0. The average Bonchev–Trinajstić information content (AvgIpc) is 3.40. The first kappa shape index (κ1) is 27.5. The highest BCUT2D eigenvalue weighted by atomic mass is 32.1. The van der Waals surface area contributed by atoms with E-state index in [9.17, 15) is 14.4 Å². The SMILES string of the molecule is CCc1ccccc1N(C(=O)c1snc(C(N)=O)c1N)[C@H](C(=O)NCc1ccccc1)c1ccc2ncccc2c1. The molecule has 0 bridgehead atoms. The molecule has 9 nitrogen and oxygen atoms in total. The zero-order chi connectivity index (χ0) is 28.9. The van der Waals surface area contributed by atoms with E-state index >= 15 is 0 Å². The van der Waals surface area contributed by atoms with Crippen LogP contribution < -0.4 is 21.7 Å². The molecule has 0 aliphatic rings. The number of primary amides is 1. The predicted octanol–water partition coefficient (Wildman–Crippen LogP) is 4.64. The lowest BCUT2D eigenvalue weighted by Gasteiger charge is -2.33. The van der Waals surface area contributed by atoms with Gasteiger partial charge >= 0.3 is 0 Å². The lowest BCUT2D eigenvalue weighted by Crippen LogP contribution is -2.44. The maximum atomic E-state index is 14.4. The van der Waals surface area contributed by atoms with E-state index in [1.54, 1.807) is 18.3 Å². The molecule has 0 spiro atoms. The van der Waals surface area contributed by atoms with Crippen molar-refractivity contribution in [2.45, 2.75) is 25.9 Å². The van der Waals surface area contributed by atoms with Gasteiger partial charge in [-0.15, -0.1) is 0 Å². The molecule has 0 fully saturated rings. The van der Waals surface area contributed by atoms with Crippen molar-refractivity contribution >= 4 is 51.5 Å². The Bertz CT molecular complexity index is 1740. The van der Waals surface area contributed by atoms with Gasteiger partial charge in [0.05, 0.1) is 11.2 Å². The maximum absolute atomic E-state index is 14.4. The van der Waals surface area contributed by atoms with Crippen molar-refractivity contribution in [1.29, 1.82) is 0 Å². The van der Waals surface area contributed by atoms with E-state index in [-0.39, 0.29) is 22.8 Å². The van der Waals surface area contributed by atoms with E-state index in [4.69, 9.17) is 11.5 Å². The van der Waals surface area contributed by atoms with Crippen LogP contribution in [0.4, 0.5) is 11.4 Å². The van der Waals surface area contributed by atoms with Crippen molar-refractivity contribution in [3.8, 4) is 0 Å². The minimum atomic E-state index is -1.10. The van der Waals surface area contributed by atoms with Gasteiger partial charge in [-0.2, -0.15) is 4.37 Å². The Morgan fingerprint density at radius 1 is 0.976 bits per heavy atom. The Kier molecular flexibility index (Phi) is 8.02. The number of aromatic nitrogens is 2. The van der Waals surface area contributed by atoms with Crippen LogP contribution in [-0.4, -0.2) is 27.1 Å². The van der Waals surface area contributed by atoms with Crippen molar-refractivity contribution in [3.63, 3.8) is 0 Å². The molecule has 5 rings (SSSR count). The first-order valence-electron chi connectivity index (χ1n) is 13.0. The van der Waals surface area contributed by atoms with Crippen LogP contribution >= 0.6 is 11.5 Å². The maximum Gasteiger partial charge on any atom is 0.273 e. The van der Waals surface area contributed by atoms with Gasteiger partial charge in [0.25, 0.3) is 11.8 Å². The number of hydrogen-bond donors (Lipinski definition) is 3. The molecule has 206 valence electrons. The number of pyridine rings is 1. The standard InChI is InChI=1S/C31H28N6O3S/c1-2-20-11-6-7-13-24(20)37(31(40)28-25(32)26(29(33)38)36-41-28)27(30(39)35-18-19-9-4-3-5-10-19)22-14-15-23-21(17-22)12-8-16-34-23/h3-17,27H,2,18,32H2,1H3,(H2,33,38)(H,35,39)/t27-/m0/s1. The van der Waals surface area contributed by atoms with Crippen molar-refractivity contribution < 1.29 is 14.4 Å². The van der Waals surface area contributed by atoms with Crippen LogP contribution in [0.5, 0.6) is 0 Å². The molecule has 0 aliphatic heterocycles. The molecule has 5 aromatic rings. The third-order valence-corrected chi connectivity index (χ3v) is 7.62. The number of hydrogen-bond acceptors (Lipinski definition) is 7. The van der Waals surface area contributed by atoms with Crippen LogP contribution in [0.25, 0.3) is 10.9 Å². The summed E-state index contributed by atoms with van der Waals surface area (Å²) in [6.07, 6.45) is 2.30. The Hall–Kier alpha value is -5.09. The van der Waals surface area contributed by atoms with E-state index in [0.29, 0.717) is 17.7 Å². The van der Waals surface area contributed by atoms with E-state index in [2.05, 4.69) is 14.7 Å². The van der Waals surface area contributed by atoms with Gasteiger partial charge in [-0.3, -0.25) is 24.3 Å². The quantitative estimate of drug-likeness (QED) is 0.238. The molecule has 41 heavy (non-hydrogen) atoms. The summed E-state index contributed by atoms with van der Waals surface area (Å²) in [4.78, 5) is 46.3. The summed E-state index contributed by atoms with van der Waals surface area (Å²) in [5, 5.41) is 3.83. The Morgan fingerprint density at radius 2 is 1.73 bits per heavy atom. The highest BCUT2D eigenvalue weighted by Gasteiger charge is 2.37. The molecule has 1 atom stereocenters. The van der Waals surface area contributed by atoms with Gasteiger partial charge in [-0.05, 0) is 58.9 Å². The molecule has 0 saturated carbocycles. The van der Waals surface area contributed by atoms with Gasteiger partial charge < -0.3 is 16.8 Å². The zero-order valence-electron chi connectivity index (χ0n) is 22.3. The Balaban J connectivity index is 1.68. The smallest absolute Gasteiger partial charge is 0.273 e. The number of anilines is 2. The topological polar surface area (TPSA) is 144 Å². The normalized spacial score (nSPS) is 11.6. The van der Waals surface area contributed by atoms with Gasteiger partial charge in [-0.25, -0.2) is 0 Å². The number of fused-ring (bicyclic) bond motifs is 1. The van der Waals surface area contributed by atoms with Crippen LogP contribution in [0.15, 0.2) is 91.1 Å². The summed E-state index contributed by atoms with van der Waals surface area (Å²) in [6.45, 7) is 2.23. The molecular formula is C31H28N6O3S. The number of aryl methyl sites for hydroxylation is 1. The fraction of sp³-hybridized carbons (Fsp3) is 0.129. The Labute approximate surface area is 241 Å². The number of nitrogen functional groups attached to an aromatic ring is 1. The van der Waals surface area contributed by atoms with E-state index in [1.807, 2.05) is 79.7 Å². The molecule has 0 aliphatic carbocycles. The first-order valence-corrected chi connectivity index (χ1v) is 13.8. The predicted molar refractivity (Wildman–Crippen MR) is 160 cm³/mol. The molecule has 3 amide bonds. The second-order valence-corrected chi connectivity index (χ2v) is 10.1. The van der Waals surface area contributed by atoms with E-state index in [1.165, 1.54) is 4.90 Å². The van der Waals surface area contributed by atoms with Crippen LogP contribution in [0.3, 0.4) is 0 Å². The van der Waals surface area contributed by atoms with Crippen LogP contribution in [0, 0.1) is 0 Å². The third-order valence-electron chi connectivity index (χ3n) is 6.77. The number of nitrogens with zero attached hydrogens (tertiary/aromatic N) is 3. The van der Waals surface area contributed by atoms with Crippen LogP contribution in [-0.2, 0) is 17.8 Å². The van der Waals surface area contributed by atoms with E-state index in [0.717, 1.165) is 33.6 Å². The number of amides is 3. The molecule has 0 saturated heterocycles. The average molecular weight is 565 g/mol. The minimum absolute atomic E-state index is 0.0213. The fourth-order valence-corrected chi connectivity index (χ4v) is 5.46. The summed E-state index contributed by atoms with van der Waals surface area (Å²) in [5.41, 5.74) is 15.0. The third kappa shape index (κ3) is 5.64. The van der Waals surface area contributed by atoms with Gasteiger partial charge in [0.1, 0.15) is 10.9 Å².